The topological polar surface area (TPSA) is 67.6 Å². The van der Waals surface area contributed by atoms with Crippen molar-refractivity contribution >= 4 is 23.2 Å². The van der Waals surface area contributed by atoms with E-state index in [1.165, 1.54) is 0 Å². The van der Waals surface area contributed by atoms with Crippen molar-refractivity contribution < 1.29 is 9.53 Å². The Labute approximate surface area is 159 Å². The molecule has 0 saturated carbocycles. The number of anilines is 1. The van der Waals surface area contributed by atoms with Crippen molar-refractivity contribution in [3.8, 4) is 5.75 Å². The fraction of sp³-hybridized carbons (Fsp3) is 0.350. The van der Waals surface area contributed by atoms with Gasteiger partial charge in [0.05, 0.1) is 12.8 Å². The van der Waals surface area contributed by atoms with Gasteiger partial charge < -0.3 is 20.7 Å². The largest absolute Gasteiger partial charge is 0.495 e. The summed E-state index contributed by atoms with van der Waals surface area (Å²) in [6.45, 7) is 3.24. The number of carbonyl (C=O) groups is 1. The minimum absolute atomic E-state index is 0.0257. The molecule has 0 spiro atoms. The summed E-state index contributed by atoms with van der Waals surface area (Å²) in [5, 5.41) is 3.75. The first-order chi connectivity index (χ1) is 12.4. The maximum atomic E-state index is 12.7. The molecule has 138 valence electrons. The third kappa shape index (κ3) is 3.79. The number of amides is 1. The molecule has 1 heterocycles. The van der Waals surface area contributed by atoms with E-state index in [0.29, 0.717) is 11.6 Å². The average Bonchev–Trinajstić information content (AvgIpc) is 3.10. The van der Waals surface area contributed by atoms with Crippen LogP contribution < -0.4 is 20.7 Å². The van der Waals surface area contributed by atoms with E-state index in [2.05, 4.69) is 10.2 Å². The molecular weight excluding hydrogens is 350 g/mol. The zero-order valence-electron chi connectivity index (χ0n) is 15.0. The number of hydrogen-bond acceptors (Lipinski definition) is 4. The molecule has 1 fully saturated rings. The van der Waals surface area contributed by atoms with Crippen LogP contribution in [0.2, 0.25) is 5.02 Å². The summed E-state index contributed by atoms with van der Waals surface area (Å²) in [6, 6.07) is 15.0. The van der Waals surface area contributed by atoms with Gasteiger partial charge in [-0.05, 0) is 37.1 Å². The number of benzene rings is 2. The quantitative estimate of drug-likeness (QED) is 0.845. The lowest BCUT2D eigenvalue weighted by atomic mass is 9.92. The molecule has 2 aromatic carbocycles. The molecule has 0 aromatic heterocycles. The van der Waals surface area contributed by atoms with Crippen LogP contribution in [0.1, 0.15) is 18.9 Å². The van der Waals surface area contributed by atoms with Gasteiger partial charge in [0.2, 0.25) is 5.91 Å². The second-order valence-corrected chi connectivity index (χ2v) is 7.23. The zero-order chi connectivity index (χ0) is 18.7. The number of ether oxygens (including phenoxy) is 1. The van der Waals surface area contributed by atoms with Crippen molar-refractivity contribution in [3.05, 3.63) is 59.1 Å². The molecule has 0 bridgehead atoms. The normalized spacial score (nSPS) is 19.1. The van der Waals surface area contributed by atoms with Crippen molar-refractivity contribution in [3.63, 3.8) is 0 Å². The van der Waals surface area contributed by atoms with Gasteiger partial charge in [-0.25, -0.2) is 0 Å². The first-order valence-electron chi connectivity index (χ1n) is 8.65. The first kappa shape index (κ1) is 18.5. The third-order valence-electron chi connectivity index (χ3n) is 4.85. The molecule has 1 aliphatic heterocycles. The molecule has 2 atom stereocenters. The third-order valence-corrected chi connectivity index (χ3v) is 5.09. The number of carbonyl (C=O) groups excluding carboxylic acids is 1. The molecule has 6 heteroatoms. The van der Waals surface area contributed by atoms with Crippen LogP contribution in [0, 0.1) is 0 Å². The summed E-state index contributed by atoms with van der Waals surface area (Å²) in [5.74, 6) is 0.600. The van der Waals surface area contributed by atoms with E-state index in [9.17, 15) is 4.79 Å². The van der Waals surface area contributed by atoms with E-state index >= 15 is 0 Å². The van der Waals surface area contributed by atoms with Crippen LogP contribution in [0.5, 0.6) is 5.75 Å². The molecule has 1 saturated heterocycles. The highest BCUT2D eigenvalue weighted by Crippen LogP contribution is 2.33. The monoisotopic (exact) mass is 373 g/mol. The second-order valence-electron chi connectivity index (χ2n) is 6.79. The minimum Gasteiger partial charge on any atom is -0.495 e. The first-order valence-corrected chi connectivity index (χ1v) is 9.03. The van der Waals surface area contributed by atoms with Gasteiger partial charge in [0.25, 0.3) is 0 Å². The Bertz CT molecular complexity index is 780. The Morgan fingerprint density at radius 3 is 2.73 bits per heavy atom. The van der Waals surface area contributed by atoms with E-state index in [1.54, 1.807) is 20.1 Å². The summed E-state index contributed by atoms with van der Waals surface area (Å²) in [4.78, 5) is 14.9. The predicted molar refractivity (Wildman–Crippen MR) is 105 cm³/mol. The molecule has 1 amide bonds. The minimum atomic E-state index is -1.07. The average molecular weight is 374 g/mol. The van der Waals surface area contributed by atoms with E-state index in [-0.39, 0.29) is 11.9 Å². The summed E-state index contributed by atoms with van der Waals surface area (Å²) < 4.78 is 5.43. The summed E-state index contributed by atoms with van der Waals surface area (Å²) >= 11 is 6.13. The number of nitrogens with zero attached hydrogens (tertiary/aromatic N) is 1. The van der Waals surface area contributed by atoms with E-state index in [1.807, 2.05) is 42.5 Å². The van der Waals surface area contributed by atoms with Gasteiger partial charge in [0, 0.05) is 24.2 Å². The maximum Gasteiger partial charge on any atom is 0.244 e. The standard InChI is InChI=1S/C20H24ClN3O2/c1-20(22,14-6-4-3-5-7-14)19(25)23-16-10-11-24(13-16)17-12-15(21)8-9-18(17)26-2/h3-9,12,16H,10-11,13,22H2,1-2H3,(H,23,25). The predicted octanol–water partition coefficient (Wildman–Crippen LogP) is 2.92. The fourth-order valence-electron chi connectivity index (χ4n) is 3.26. The maximum absolute atomic E-state index is 12.7. The number of rotatable bonds is 5. The van der Waals surface area contributed by atoms with Gasteiger partial charge >= 0.3 is 0 Å². The highest BCUT2D eigenvalue weighted by molar-refractivity contribution is 6.30. The molecule has 26 heavy (non-hydrogen) atoms. The second kappa shape index (κ2) is 7.56. The number of halogens is 1. The lowest BCUT2D eigenvalue weighted by Gasteiger charge is -2.27. The molecule has 5 nitrogen and oxygen atoms in total. The Kier molecular flexibility index (Phi) is 5.39. The SMILES string of the molecule is COc1ccc(Cl)cc1N1CCC(NC(=O)C(C)(N)c2ccccc2)C1. The van der Waals surface area contributed by atoms with Gasteiger partial charge in [0.1, 0.15) is 11.3 Å². The van der Waals surface area contributed by atoms with Crippen molar-refractivity contribution in [1.82, 2.24) is 5.32 Å². The van der Waals surface area contributed by atoms with Gasteiger partial charge in [-0.15, -0.1) is 0 Å². The Balaban J connectivity index is 1.68. The number of nitrogens with two attached hydrogens (primary N) is 1. The summed E-state index contributed by atoms with van der Waals surface area (Å²) in [5.41, 5.74) is 6.98. The number of hydrogen-bond donors (Lipinski definition) is 2. The molecule has 3 N–H and O–H groups in total. The van der Waals surface area contributed by atoms with Crippen molar-refractivity contribution in [2.75, 3.05) is 25.1 Å². The van der Waals surface area contributed by atoms with Gasteiger partial charge in [0.15, 0.2) is 0 Å². The van der Waals surface area contributed by atoms with Crippen LogP contribution in [0.25, 0.3) is 0 Å². The van der Waals surface area contributed by atoms with Crippen molar-refractivity contribution in [1.29, 1.82) is 0 Å². The van der Waals surface area contributed by atoms with Crippen LogP contribution in [-0.4, -0.2) is 32.1 Å². The van der Waals surface area contributed by atoms with Crippen molar-refractivity contribution in [2.24, 2.45) is 5.73 Å². The number of nitrogens with one attached hydrogen (secondary N) is 1. The van der Waals surface area contributed by atoms with Crippen LogP contribution in [-0.2, 0) is 10.3 Å². The molecular formula is C20H24ClN3O2. The van der Waals surface area contributed by atoms with Crippen molar-refractivity contribution in [2.45, 2.75) is 24.9 Å². The van der Waals surface area contributed by atoms with Gasteiger partial charge in [-0.2, -0.15) is 0 Å². The Hall–Kier alpha value is -2.24. The molecule has 2 aromatic rings. The zero-order valence-corrected chi connectivity index (χ0v) is 15.8. The highest BCUT2D eigenvalue weighted by Gasteiger charge is 2.34. The highest BCUT2D eigenvalue weighted by atomic mass is 35.5. The summed E-state index contributed by atoms with van der Waals surface area (Å²) in [7, 11) is 1.64. The van der Waals surface area contributed by atoms with Crippen LogP contribution in [0.4, 0.5) is 5.69 Å². The molecule has 1 aliphatic rings. The van der Waals surface area contributed by atoms with E-state index in [4.69, 9.17) is 22.1 Å². The number of methoxy groups -OCH3 is 1. The molecule has 3 rings (SSSR count). The van der Waals surface area contributed by atoms with Crippen LogP contribution in [0.3, 0.4) is 0 Å². The lowest BCUT2D eigenvalue weighted by Crippen LogP contribution is -2.52. The van der Waals surface area contributed by atoms with Crippen LogP contribution >= 0.6 is 11.6 Å². The molecule has 2 unspecified atom stereocenters. The van der Waals surface area contributed by atoms with Crippen LogP contribution in [0.15, 0.2) is 48.5 Å². The Morgan fingerprint density at radius 1 is 1.31 bits per heavy atom. The lowest BCUT2D eigenvalue weighted by molar-refractivity contribution is -0.126. The van der Waals surface area contributed by atoms with Gasteiger partial charge in [-0.1, -0.05) is 41.9 Å². The molecule has 0 radical (unpaired) electrons. The van der Waals surface area contributed by atoms with E-state index in [0.717, 1.165) is 30.0 Å². The van der Waals surface area contributed by atoms with E-state index < -0.39 is 5.54 Å². The summed E-state index contributed by atoms with van der Waals surface area (Å²) in [6.07, 6.45) is 0.840. The Morgan fingerprint density at radius 2 is 2.04 bits per heavy atom. The fourth-order valence-corrected chi connectivity index (χ4v) is 3.42. The van der Waals surface area contributed by atoms with Gasteiger partial charge in [-0.3, -0.25) is 4.79 Å². The smallest absolute Gasteiger partial charge is 0.244 e. The molecule has 0 aliphatic carbocycles.